The van der Waals surface area contributed by atoms with Gasteiger partial charge in [0.15, 0.2) is 5.13 Å². The summed E-state index contributed by atoms with van der Waals surface area (Å²) in [6, 6.07) is 5.39. The second-order valence-electron chi connectivity index (χ2n) is 4.34. The number of amides is 1. The van der Waals surface area contributed by atoms with Gasteiger partial charge in [-0.25, -0.2) is 4.98 Å². The van der Waals surface area contributed by atoms with E-state index in [0.29, 0.717) is 28.0 Å². The summed E-state index contributed by atoms with van der Waals surface area (Å²) in [5.41, 5.74) is 0.953. The minimum absolute atomic E-state index is 0.00538. The number of hydrogen-bond donors (Lipinski definition) is 1. The van der Waals surface area contributed by atoms with E-state index in [2.05, 4.69) is 10.3 Å². The van der Waals surface area contributed by atoms with E-state index in [1.54, 1.807) is 18.3 Å². The molecule has 0 aliphatic heterocycles. The van der Waals surface area contributed by atoms with Gasteiger partial charge in [-0.1, -0.05) is 30.1 Å². The molecule has 2 rings (SSSR count). The Morgan fingerprint density at radius 3 is 2.95 bits per heavy atom. The maximum absolute atomic E-state index is 11.5. The van der Waals surface area contributed by atoms with Crippen LogP contribution < -0.4 is 5.32 Å². The first kappa shape index (κ1) is 15.3. The van der Waals surface area contributed by atoms with Crippen molar-refractivity contribution in [2.75, 3.05) is 5.32 Å². The van der Waals surface area contributed by atoms with Gasteiger partial charge < -0.3 is 5.32 Å². The van der Waals surface area contributed by atoms with Crippen molar-refractivity contribution in [1.29, 1.82) is 0 Å². The Balaban J connectivity index is 2.06. The van der Waals surface area contributed by atoms with E-state index in [1.165, 1.54) is 11.3 Å². The number of aromatic nitrogens is 1. The molecule has 0 aliphatic carbocycles. The molecular weight excluding hydrogens is 315 g/mol. The van der Waals surface area contributed by atoms with Crippen LogP contribution in [0.1, 0.15) is 30.2 Å². The van der Waals surface area contributed by atoms with Crippen molar-refractivity contribution in [1.82, 2.24) is 4.98 Å². The molecular formula is C14H14Cl2N2OS. The molecule has 106 valence electrons. The highest BCUT2D eigenvalue weighted by Gasteiger charge is 2.08. The lowest BCUT2D eigenvalue weighted by molar-refractivity contribution is -0.116. The zero-order chi connectivity index (χ0) is 14.5. The Bertz CT molecular complexity index is 613. The number of benzene rings is 1. The molecule has 0 atom stereocenters. The van der Waals surface area contributed by atoms with Gasteiger partial charge in [-0.05, 0) is 30.2 Å². The maximum atomic E-state index is 11.5. The van der Waals surface area contributed by atoms with Crippen LogP contribution in [0.25, 0.3) is 0 Å². The lowest BCUT2D eigenvalue weighted by Gasteiger charge is -2.02. The Morgan fingerprint density at radius 1 is 1.40 bits per heavy atom. The van der Waals surface area contributed by atoms with Crippen molar-refractivity contribution >= 4 is 45.6 Å². The fourth-order valence-electron chi connectivity index (χ4n) is 1.72. The molecule has 2 aromatic rings. The lowest BCUT2D eigenvalue weighted by Crippen LogP contribution is -2.09. The van der Waals surface area contributed by atoms with Crippen LogP contribution in [0.2, 0.25) is 10.0 Å². The maximum Gasteiger partial charge on any atom is 0.226 e. The molecule has 6 heteroatoms. The summed E-state index contributed by atoms with van der Waals surface area (Å²) in [7, 11) is 0. The molecule has 1 aromatic carbocycles. The third-order valence-electron chi connectivity index (χ3n) is 2.65. The Labute approximate surface area is 131 Å². The first-order valence-electron chi connectivity index (χ1n) is 6.27. The largest absolute Gasteiger partial charge is 0.302 e. The van der Waals surface area contributed by atoms with Crippen LogP contribution in [0, 0.1) is 0 Å². The van der Waals surface area contributed by atoms with Gasteiger partial charge in [-0.2, -0.15) is 0 Å². The summed E-state index contributed by atoms with van der Waals surface area (Å²) < 4.78 is 0. The molecule has 0 fully saturated rings. The van der Waals surface area contributed by atoms with Crippen molar-refractivity contribution < 1.29 is 4.79 Å². The van der Waals surface area contributed by atoms with Gasteiger partial charge in [0, 0.05) is 34.0 Å². The molecule has 0 spiro atoms. The molecule has 0 unspecified atom stereocenters. The van der Waals surface area contributed by atoms with Gasteiger partial charge >= 0.3 is 0 Å². The predicted octanol–water partition coefficient (Wildman–Crippen LogP) is 4.78. The number of carbonyl (C=O) groups excluding carboxylic acids is 1. The summed E-state index contributed by atoms with van der Waals surface area (Å²) in [4.78, 5) is 16.7. The van der Waals surface area contributed by atoms with E-state index in [0.717, 1.165) is 16.9 Å². The second kappa shape index (κ2) is 7.07. The average molecular weight is 329 g/mol. The van der Waals surface area contributed by atoms with Gasteiger partial charge in [0.25, 0.3) is 0 Å². The van der Waals surface area contributed by atoms with Crippen LogP contribution >= 0.6 is 34.5 Å². The fourth-order valence-corrected chi connectivity index (χ4v) is 2.95. The van der Waals surface area contributed by atoms with Gasteiger partial charge in [-0.3, -0.25) is 4.79 Å². The molecule has 0 bridgehead atoms. The third kappa shape index (κ3) is 4.20. The normalized spacial score (nSPS) is 10.6. The number of nitrogens with zero attached hydrogens (tertiary/aromatic N) is 1. The summed E-state index contributed by atoms with van der Waals surface area (Å²) in [6.07, 6.45) is 3.74. The van der Waals surface area contributed by atoms with E-state index in [9.17, 15) is 4.79 Å². The van der Waals surface area contributed by atoms with Crippen LogP contribution in [0.3, 0.4) is 0 Å². The predicted molar refractivity (Wildman–Crippen MR) is 84.9 cm³/mol. The highest BCUT2D eigenvalue weighted by molar-refractivity contribution is 7.15. The van der Waals surface area contributed by atoms with Crippen molar-refractivity contribution in [3.63, 3.8) is 0 Å². The molecule has 1 amide bonds. The SMILES string of the molecule is CCCC(=O)Nc1ncc(Cc2cc(Cl)ccc2Cl)s1. The smallest absolute Gasteiger partial charge is 0.226 e. The van der Waals surface area contributed by atoms with Crippen molar-refractivity contribution in [2.24, 2.45) is 0 Å². The number of halogens is 2. The lowest BCUT2D eigenvalue weighted by atomic mass is 10.1. The number of thiazole rings is 1. The van der Waals surface area contributed by atoms with Crippen LogP contribution in [0.15, 0.2) is 24.4 Å². The number of carbonyl (C=O) groups is 1. The van der Waals surface area contributed by atoms with E-state index >= 15 is 0 Å². The molecule has 1 N–H and O–H groups in total. The second-order valence-corrected chi connectivity index (χ2v) is 6.30. The van der Waals surface area contributed by atoms with Crippen molar-refractivity contribution in [2.45, 2.75) is 26.2 Å². The van der Waals surface area contributed by atoms with Gasteiger partial charge in [-0.15, -0.1) is 11.3 Å². The number of anilines is 1. The summed E-state index contributed by atoms with van der Waals surface area (Å²) in [5, 5.41) is 4.74. The fraction of sp³-hybridized carbons (Fsp3) is 0.286. The van der Waals surface area contributed by atoms with Crippen LogP contribution in [-0.2, 0) is 11.2 Å². The monoisotopic (exact) mass is 328 g/mol. The molecule has 1 heterocycles. The van der Waals surface area contributed by atoms with Gasteiger partial charge in [0.05, 0.1) is 0 Å². The molecule has 0 saturated heterocycles. The highest BCUT2D eigenvalue weighted by atomic mass is 35.5. The average Bonchev–Trinajstić information content (AvgIpc) is 2.81. The molecule has 0 aliphatic rings. The quantitative estimate of drug-likeness (QED) is 0.858. The van der Waals surface area contributed by atoms with E-state index in [4.69, 9.17) is 23.2 Å². The zero-order valence-corrected chi connectivity index (χ0v) is 13.3. The Kier molecular flexibility index (Phi) is 5.40. The Hall–Kier alpha value is -1.10. The van der Waals surface area contributed by atoms with Crippen LogP contribution in [0.4, 0.5) is 5.13 Å². The molecule has 3 nitrogen and oxygen atoms in total. The molecule has 1 aromatic heterocycles. The summed E-state index contributed by atoms with van der Waals surface area (Å²) in [5.74, 6) is -0.00538. The van der Waals surface area contributed by atoms with Crippen molar-refractivity contribution in [3.8, 4) is 0 Å². The van der Waals surface area contributed by atoms with E-state index < -0.39 is 0 Å². The minimum Gasteiger partial charge on any atom is -0.302 e. The third-order valence-corrected chi connectivity index (χ3v) is 4.17. The van der Waals surface area contributed by atoms with Crippen molar-refractivity contribution in [3.05, 3.63) is 44.9 Å². The minimum atomic E-state index is -0.00538. The molecule has 0 radical (unpaired) electrons. The zero-order valence-electron chi connectivity index (χ0n) is 11.0. The highest BCUT2D eigenvalue weighted by Crippen LogP contribution is 2.26. The number of nitrogens with one attached hydrogen (secondary N) is 1. The van der Waals surface area contributed by atoms with Crippen LogP contribution in [-0.4, -0.2) is 10.9 Å². The van der Waals surface area contributed by atoms with Gasteiger partial charge in [0.2, 0.25) is 5.91 Å². The number of hydrogen-bond acceptors (Lipinski definition) is 3. The van der Waals surface area contributed by atoms with E-state index in [-0.39, 0.29) is 5.91 Å². The molecule has 20 heavy (non-hydrogen) atoms. The van der Waals surface area contributed by atoms with Crippen LogP contribution in [0.5, 0.6) is 0 Å². The van der Waals surface area contributed by atoms with E-state index in [1.807, 2.05) is 13.0 Å². The Morgan fingerprint density at radius 2 is 2.20 bits per heavy atom. The topological polar surface area (TPSA) is 42.0 Å². The first-order chi connectivity index (χ1) is 9.58. The summed E-state index contributed by atoms with van der Waals surface area (Å²) in [6.45, 7) is 1.97. The molecule has 0 saturated carbocycles. The first-order valence-corrected chi connectivity index (χ1v) is 7.84. The standard InChI is InChI=1S/C14H14Cl2N2OS/c1-2-3-13(19)18-14-17-8-11(20-14)7-9-6-10(15)4-5-12(9)16/h4-6,8H,2-3,7H2,1H3,(H,17,18,19). The number of rotatable bonds is 5. The summed E-state index contributed by atoms with van der Waals surface area (Å²) >= 11 is 13.5. The van der Waals surface area contributed by atoms with Gasteiger partial charge in [0.1, 0.15) is 0 Å².